The summed E-state index contributed by atoms with van der Waals surface area (Å²) in [5, 5.41) is 8.73. The van der Waals surface area contributed by atoms with E-state index < -0.39 is 22.8 Å². The van der Waals surface area contributed by atoms with Gasteiger partial charge in [-0.3, -0.25) is 4.98 Å². The van der Waals surface area contributed by atoms with Crippen molar-refractivity contribution >= 4 is 17.1 Å². The summed E-state index contributed by atoms with van der Waals surface area (Å²) in [6.45, 7) is 9.15. The van der Waals surface area contributed by atoms with Crippen LogP contribution in [-0.2, 0) is 11.0 Å². The Morgan fingerprint density at radius 2 is 1.97 bits per heavy atom. The number of rotatable bonds is 2. The minimum Gasteiger partial charge on any atom is -0.253 e. The highest BCUT2D eigenvalue weighted by Crippen LogP contribution is 2.45. The average molecular weight is 444 g/mol. The third-order valence-corrected chi connectivity index (χ3v) is 7.84. The number of hydrogen-bond acceptors (Lipinski definition) is 3. The van der Waals surface area contributed by atoms with E-state index in [1.807, 2.05) is 50.2 Å². The molecule has 2 aromatic rings. The third-order valence-electron chi connectivity index (χ3n) is 6.17. The van der Waals surface area contributed by atoms with Crippen LogP contribution in [0.1, 0.15) is 43.6 Å². The summed E-state index contributed by atoms with van der Waals surface area (Å²) in [6, 6.07) is 13.7. The molecule has 0 bridgehead atoms. The number of nitriles is 1. The standard InChI is InChI=1S/C15H12N2.C9H15F2NOS/c1-3-13-8-9-14(11(2)17-13)15-7-5-4-6-12(15)10-16;1-5-3-7-6(2)12-14(13)8(7)4-9(5,10)11/h3-9H,1H2,2H3;5-8,12H,3-4H2,1-2H3. The lowest BCUT2D eigenvalue weighted by molar-refractivity contribution is -0.0885. The largest absolute Gasteiger partial charge is 0.253 e. The Hall–Kier alpha value is -2.43. The lowest BCUT2D eigenvalue weighted by Crippen LogP contribution is -2.42. The van der Waals surface area contributed by atoms with Crippen molar-refractivity contribution in [3.05, 3.63) is 59.9 Å². The normalized spacial score (nSPS) is 28.6. The molecule has 1 aromatic heterocycles. The maximum atomic E-state index is 13.4. The first kappa shape index (κ1) is 23.2. The van der Waals surface area contributed by atoms with Gasteiger partial charge in [0.1, 0.15) is 0 Å². The van der Waals surface area contributed by atoms with Crippen LogP contribution in [0.4, 0.5) is 8.78 Å². The summed E-state index contributed by atoms with van der Waals surface area (Å²) in [5.41, 5.74) is 4.35. The summed E-state index contributed by atoms with van der Waals surface area (Å²) >= 11 is 0. The first-order valence-electron chi connectivity index (χ1n) is 10.3. The summed E-state index contributed by atoms with van der Waals surface area (Å²) in [6.07, 6.45) is 1.98. The molecule has 5 atom stereocenters. The quantitative estimate of drug-likeness (QED) is 0.688. The molecule has 4 rings (SSSR count). The van der Waals surface area contributed by atoms with E-state index in [0.717, 1.165) is 22.5 Å². The zero-order valence-electron chi connectivity index (χ0n) is 17.9. The number of pyridine rings is 1. The molecule has 1 aliphatic heterocycles. The molecule has 1 aliphatic carbocycles. The number of nitrogens with zero attached hydrogens (tertiary/aromatic N) is 2. The van der Waals surface area contributed by atoms with Crippen LogP contribution in [0.15, 0.2) is 43.0 Å². The molecule has 1 saturated carbocycles. The number of aromatic nitrogens is 1. The molecule has 0 spiro atoms. The molecule has 0 radical (unpaired) electrons. The Morgan fingerprint density at radius 1 is 1.26 bits per heavy atom. The lowest BCUT2D eigenvalue weighted by Gasteiger charge is -2.36. The summed E-state index contributed by atoms with van der Waals surface area (Å²) in [7, 11) is -1.26. The average Bonchev–Trinajstić information content (AvgIpc) is 3.01. The van der Waals surface area contributed by atoms with Crippen molar-refractivity contribution < 1.29 is 13.0 Å². The van der Waals surface area contributed by atoms with E-state index in [4.69, 9.17) is 5.26 Å². The van der Waals surface area contributed by atoms with Crippen molar-refractivity contribution in [2.75, 3.05) is 0 Å². The van der Waals surface area contributed by atoms with Crippen molar-refractivity contribution in [2.45, 2.75) is 50.8 Å². The van der Waals surface area contributed by atoms with E-state index in [-0.39, 0.29) is 23.6 Å². The Morgan fingerprint density at radius 3 is 2.61 bits per heavy atom. The van der Waals surface area contributed by atoms with Crippen molar-refractivity contribution in [3.63, 3.8) is 0 Å². The number of nitrogens with one attached hydrogen (secondary N) is 1. The Balaban J connectivity index is 0.000000179. The van der Waals surface area contributed by atoms with Crippen LogP contribution in [0.2, 0.25) is 0 Å². The second-order valence-electron chi connectivity index (χ2n) is 8.24. The van der Waals surface area contributed by atoms with Gasteiger partial charge in [0.15, 0.2) is 0 Å². The van der Waals surface area contributed by atoms with Crippen LogP contribution in [0.5, 0.6) is 0 Å². The van der Waals surface area contributed by atoms with Crippen LogP contribution < -0.4 is 4.72 Å². The minimum absolute atomic E-state index is 0.111. The topological polar surface area (TPSA) is 65.8 Å². The molecule has 4 nitrogen and oxygen atoms in total. The van der Waals surface area contributed by atoms with Gasteiger partial charge < -0.3 is 0 Å². The second-order valence-corrected chi connectivity index (χ2v) is 9.67. The highest BCUT2D eigenvalue weighted by atomic mass is 32.2. The van der Waals surface area contributed by atoms with E-state index in [0.29, 0.717) is 12.0 Å². The molecule has 1 aromatic carbocycles. The van der Waals surface area contributed by atoms with Gasteiger partial charge in [0.05, 0.1) is 33.6 Å². The first-order valence-corrected chi connectivity index (χ1v) is 11.5. The van der Waals surface area contributed by atoms with E-state index >= 15 is 0 Å². The maximum absolute atomic E-state index is 13.4. The Bertz CT molecular complexity index is 1030. The van der Waals surface area contributed by atoms with Gasteiger partial charge in [-0.2, -0.15) is 5.26 Å². The molecule has 1 saturated heterocycles. The van der Waals surface area contributed by atoms with Crippen molar-refractivity contribution in [3.8, 4) is 17.2 Å². The fourth-order valence-corrected chi connectivity index (χ4v) is 6.02. The van der Waals surface area contributed by atoms with Gasteiger partial charge in [-0.05, 0) is 44.4 Å². The number of benzene rings is 1. The molecule has 31 heavy (non-hydrogen) atoms. The molecule has 5 unspecified atom stereocenters. The van der Waals surface area contributed by atoms with Crippen LogP contribution in [0.3, 0.4) is 0 Å². The Labute approximate surface area is 185 Å². The summed E-state index contributed by atoms with van der Waals surface area (Å²) < 4.78 is 41.1. The molecular formula is C24H27F2N3OS. The van der Waals surface area contributed by atoms with Gasteiger partial charge in [0, 0.05) is 35.2 Å². The SMILES string of the molecule is C=Cc1ccc(-c2ccccc2C#N)c(C)n1.CC1NS(=O)C2CC(F)(F)C(C)CC12. The lowest BCUT2D eigenvalue weighted by atomic mass is 9.76. The van der Waals surface area contributed by atoms with Crippen LogP contribution >= 0.6 is 0 Å². The molecule has 164 valence electrons. The van der Waals surface area contributed by atoms with Gasteiger partial charge in [-0.25, -0.2) is 17.7 Å². The third kappa shape index (κ3) is 4.91. The predicted octanol–water partition coefficient (Wildman–Crippen LogP) is 5.26. The fourth-order valence-electron chi connectivity index (χ4n) is 4.27. The van der Waals surface area contributed by atoms with Crippen molar-refractivity contribution in [2.24, 2.45) is 11.8 Å². The molecule has 2 aliphatic rings. The highest BCUT2D eigenvalue weighted by molar-refractivity contribution is 7.84. The maximum Gasteiger partial charge on any atom is 0.251 e. The monoisotopic (exact) mass is 443 g/mol. The van der Waals surface area contributed by atoms with Gasteiger partial charge in [-0.15, -0.1) is 0 Å². The fraction of sp³-hybridized carbons (Fsp3) is 0.417. The molecule has 7 heteroatoms. The molecule has 1 N–H and O–H groups in total. The van der Waals surface area contributed by atoms with Crippen molar-refractivity contribution in [1.29, 1.82) is 5.26 Å². The highest BCUT2D eigenvalue weighted by Gasteiger charge is 2.53. The summed E-state index contributed by atoms with van der Waals surface area (Å²) in [4.78, 5) is 4.42. The number of halogens is 2. The zero-order valence-corrected chi connectivity index (χ0v) is 18.8. The predicted molar refractivity (Wildman–Crippen MR) is 121 cm³/mol. The summed E-state index contributed by atoms with van der Waals surface area (Å²) in [5.74, 6) is -3.06. The van der Waals surface area contributed by atoms with Gasteiger partial charge in [-0.1, -0.05) is 37.8 Å². The molecule has 0 amide bonds. The van der Waals surface area contributed by atoms with E-state index in [1.165, 1.54) is 0 Å². The second kappa shape index (κ2) is 9.37. The first-order chi connectivity index (χ1) is 14.7. The molecule has 2 fully saturated rings. The zero-order chi connectivity index (χ0) is 22.8. The molecule has 2 heterocycles. The van der Waals surface area contributed by atoms with Crippen molar-refractivity contribution in [1.82, 2.24) is 9.71 Å². The number of alkyl halides is 2. The number of fused-ring (bicyclic) bond motifs is 1. The number of hydrogen-bond donors (Lipinski definition) is 1. The van der Waals surface area contributed by atoms with Gasteiger partial charge in [0.25, 0.3) is 5.92 Å². The minimum atomic E-state index is -2.64. The molecular weight excluding hydrogens is 416 g/mol. The Kier molecular flexibility index (Phi) is 7.03. The van der Waals surface area contributed by atoms with E-state index in [9.17, 15) is 13.0 Å². The smallest absolute Gasteiger partial charge is 0.251 e. The van der Waals surface area contributed by atoms with Gasteiger partial charge in [0.2, 0.25) is 0 Å². The van der Waals surface area contributed by atoms with E-state index in [2.05, 4.69) is 22.4 Å². The van der Waals surface area contributed by atoms with Crippen LogP contribution in [0, 0.1) is 30.1 Å². The number of aryl methyl sites for hydroxylation is 1. The van der Waals surface area contributed by atoms with Crippen LogP contribution in [-0.4, -0.2) is 26.4 Å². The van der Waals surface area contributed by atoms with Crippen LogP contribution in [0.25, 0.3) is 17.2 Å². The van der Waals surface area contributed by atoms with E-state index in [1.54, 1.807) is 13.0 Å². The van der Waals surface area contributed by atoms with Gasteiger partial charge >= 0.3 is 0 Å².